The molecule has 214 valence electrons. The Labute approximate surface area is 308 Å². The zero-order valence-corrected chi connectivity index (χ0v) is 23.9. The van der Waals surface area contributed by atoms with Crippen LogP contribution in [0.1, 0.15) is 46.8 Å². The van der Waals surface area contributed by atoms with Crippen molar-refractivity contribution in [2.45, 2.75) is 16.2 Å². The molecule has 0 N–H and O–H groups in total. The number of fused-ring (bicyclic) bond motifs is 2. The van der Waals surface area contributed by atoms with Crippen molar-refractivity contribution < 1.29 is 35.6 Å². The summed E-state index contributed by atoms with van der Waals surface area (Å²) in [6.45, 7) is 0. The van der Waals surface area contributed by atoms with E-state index in [0.29, 0.717) is 11.8 Å². The van der Waals surface area contributed by atoms with Crippen LogP contribution in [-0.4, -0.2) is 0 Å². The van der Waals surface area contributed by atoms with Crippen molar-refractivity contribution in [3.8, 4) is 33.4 Å². The minimum Gasteiger partial charge on any atom is -0.0888 e. The van der Waals surface area contributed by atoms with Gasteiger partial charge in [-0.1, -0.05) is 157 Å². The summed E-state index contributed by atoms with van der Waals surface area (Å²) < 4.78 is 233. The van der Waals surface area contributed by atoms with E-state index in [4.69, 9.17) is 20.6 Å². The van der Waals surface area contributed by atoms with Crippen LogP contribution in [0, 0.1) is 0 Å². The van der Waals surface area contributed by atoms with Crippen molar-refractivity contribution >= 4 is 54.9 Å². The lowest BCUT2D eigenvalue weighted by atomic mass is 9.87. The Kier molecular flexibility index (Phi) is 2.44. The third-order valence-electron chi connectivity index (χ3n) is 7.87. The molecule has 1 heterocycles. The van der Waals surface area contributed by atoms with Gasteiger partial charge in [0.05, 0.1) is 35.6 Å². The molecule has 9 aromatic carbocycles. The summed E-state index contributed by atoms with van der Waals surface area (Å²) in [6.07, 6.45) is -0.828. The van der Waals surface area contributed by atoms with Crippen LogP contribution < -0.4 is 0 Å². The number of rotatable bonds is 4. The fraction of sp³-hybridized carbons (Fsp3) is 0.0222. The minimum absolute atomic E-state index is 0.114. The predicted octanol–water partition coefficient (Wildman–Crippen LogP) is 12.8. The summed E-state index contributed by atoms with van der Waals surface area (Å²) in [5, 5.41) is -2.81. The van der Waals surface area contributed by atoms with Gasteiger partial charge in [0.25, 0.3) is 0 Å². The van der Waals surface area contributed by atoms with E-state index in [9.17, 15) is 15.1 Å². The van der Waals surface area contributed by atoms with Gasteiger partial charge in [-0.05, 0) is 101 Å². The van der Waals surface area contributed by atoms with Crippen molar-refractivity contribution in [1.29, 1.82) is 0 Å². The SMILES string of the molecule is [2H]c1c([2H])c([2H])c(-c2c([2H])c([2H])c3c([2H])c([2H])c4c(Cc5c([2H])c([2H])c([2H])c(-c6c([2H])c([2H])c7c8c(c([2H])c([2H])c([2H])c68)-c6c([2H])c([2H])c([2H])c([2H])c6S7)c5[2H])c([2H])c([2H])c5c([2H])c([2H])c2c3c54)c([2H])c1[2H]. The highest BCUT2D eigenvalue weighted by Gasteiger charge is 2.20. The number of hydrogen-bond donors (Lipinski definition) is 0. The molecule has 46 heavy (non-hydrogen) atoms. The maximum Gasteiger partial charge on any atom is 0.0635 e. The number of benzene rings is 9. The largest absolute Gasteiger partial charge is 0.0888 e. The van der Waals surface area contributed by atoms with Crippen molar-refractivity contribution in [3.63, 3.8) is 0 Å². The van der Waals surface area contributed by atoms with Gasteiger partial charge < -0.3 is 0 Å². The molecule has 0 unspecified atom stereocenters. The third-order valence-corrected chi connectivity index (χ3v) is 8.89. The highest BCUT2D eigenvalue weighted by atomic mass is 32.2. The lowest BCUT2D eigenvalue weighted by Crippen LogP contribution is -1.95. The molecule has 10 rings (SSSR count). The molecule has 0 nitrogen and oxygen atoms in total. The normalized spacial score (nSPS) is 20.3. The van der Waals surface area contributed by atoms with Gasteiger partial charge in [-0.25, -0.2) is 0 Å². The second-order valence-corrected chi connectivity index (χ2v) is 11.4. The highest BCUT2D eigenvalue weighted by molar-refractivity contribution is 7.99. The Morgan fingerprint density at radius 3 is 1.98 bits per heavy atom. The molecule has 1 aliphatic rings. The van der Waals surface area contributed by atoms with Gasteiger partial charge in [0.2, 0.25) is 0 Å². The highest BCUT2D eigenvalue weighted by Crippen LogP contribution is 2.49. The zero-order valence-electron chi connectivity index (χ0n) is 49.1. The fourth-order valence-corrected chi connectivity index (χ4v) is 6.85. The summed E-state index contributed by atoms with van der Waals surface area (Å²) >= 11 is 0.672. The second kappa shape index (κ2) is 10.1. The van der Waals surface area contributed by atoms with E-state index in [1.807, 2.05) is 0 Å². The Bertz CT molecular complexity index is 4080. The van der Waals surface area contributed by atoms with Gasteiger partial charge in [0.15, 0.2) is 0 Å². The molecular weight excluding hydrogens is 573 g/mol. The summed E-state index contributed by atoms with van der Waals surface area (Å²) in [4.78, 5) is -0.247. The average Bonchev–Trinajstić information content (AvgIpc) is 3.35. The van der Waals surface area contributed by atoms with Crippen LogP contribution in [0.25, 0.3) is 76.5 Å². The molecule has 0 fully saturated rings. The molecule has 1 aliphatic heterocycles. The van der Waals surface area contributed by atoms with Gasteiger partial charge in [-0.2, -0.15) is 0 Å². The Hall–Kier alpha value is -5.37. The van der Waals surface area contributed by atoms with Gasteiger partial charge in [-0.3, -0.25) is 0 Å². The zero-order chi connectivity index (χ0) is 52.8. The predicted molar refractivity (Wildman–Crippen MR) is 197 cm³/mol. The van der Waals surface area contributed by atoms with Crippen molar-refractivity contribution in [1.82, 2.24) is 0 Å². The van der Waals surface area contributed by atoms with E-state index in [0.717, 1.165) is 0 Å². The molecule has 0 spiro atoms. The second-order valence-electron chi connectivity index (χ2n) is 10.4. The van der Waals surface area contributed by atoms with E-state index in [1.54, 1.807) is 0 Å². The smallest absolute Gasteiger partial charge is 0.0635 e. The minimum atomic E-state index is -0.880. The Morgan fingerprint density at radius 1 is 0.413 bits per heavy atom. The van der Waals surface area contributed by atoms with E-state index >= 15 is 0 Å². The molecule has 0 amide bonds. The van der Waals surface area contributed by atoms with Crippen molar-refractivity contribution in [3.05, 3.63) is 168 Å². The lowest BCUT2D eigenvalue weighted by Gasteiger charge is -2.21. The molecular formula is C45H28S. The van der Waals surface area contributed by atoms with E-state index in [1.165, 1.54) is 0 Å². The summed E-state index contributed by atoms with van der Waals surface area (Å²) in [5.41, 5.74) is -3.69. The molecule has 0 radical (unpaired) electrons. The van der Waals surface area contributed by atoms with Gasteiger partial charge in [0.1, 0.15) is 0 Å². The maximum atomic E-state index is 9.69. The Balaban J connectivity index is 1.33. The van der Waals surface area contributed by atoms with E-state index < -0.39 is 207 Å². The monoisotopic (exact) mass is 626 g/mol. The van der Waals surface area contributed by atoms with Gasteiger partial charge in [0, 0.05) is 15.2 Å². The van der Waals surface area contributed by atoms with E-state index in [2.05, 4.69) is 0 Å². The van der Waals surface area contributed by atoms with Gasteiger partial charge in [-0.15, -0.1) is 0 Å². The third kappa shape index (κ3) is 3.89. The van der Waals surface area contributed by atoms with E-state index in [-0.39, 0.29) is 53.4 Å². The standard InChI is InChI=1S/C45H28S/c1-2-9-29(10-3-1)34-21-18-31-19-22-36-33(17-16-30-20-23-40(34)44(31)43(30)36)27-28-8-6-11-32(26-28)35-24-25-42-45-38(35)13-7-14-39(45)37-12-4-5-15-41(37)46-42/h1-26H,27H2/i1D,2D,3D,4D,5D,6D,7D,8D,9D,10D,11D,12D,13D,14D,15D,16D,17D,18D,19D,20D,21D,22D,23D,24D,25D,26D. The van der Waals surface area contributed by atoms with Crippen LogP contribution in [0.3, 0.4) is 0 Å². The average molecular weight is 627 g/mol. The summed E-state index contributed by atoms with van der Waals surface area (Å²) in [6, 6.07) is -19.5. The molecule has 1 heteroatoms. The van der Waals surface area contributed by atoms with Crippen LogP contribution in [0.5, 0.6) is 0 Å². The fourth-order valence-electron chi connectivity index (χ4n) is 5.88. The van der Waals surface area contributed by atoms with Crippen LogP contribution in [0.4, 0.5) is 0 Å². The summed E-state index contributed by atoms with van der Waals surface area (Å²) in [5.74, 6) is 0. The van der Waals surface area contributed by atoms with Gasteiger partial charge >= 0.3 is 0 Å². The molecule has 0 aromatic heterocycles. The molecule has 0 bridgehead atoms. The number of hydrogen-bond acceptors (Lipinski definition) is 1. The van der Waals surface area contributed by atoms with Crippen LogP contribution in [-0.2, 0) is 6.42 Å². The topological polar surface area (TPSA) is 0 Å². The first-order valence-electron chi connectivity index (χ1n) is 26.9. The molecule has 0 aliphatic carbocycles. The first-order chi connectivity index (χ1) is 33.6. The maximum absolute atomic E-state index is 9.69. The lowest BCUT2D eigenvalue weighted by molar-refractivity contribution is 1.22. The molecule has 0 atom stereocenters. The molecule has 9 aromatic rings. The van der Waals surface area contributed by atoms with Crippen molar-refractivity contribution in [2.24, 2.45) is 0 Å². The van der Waals surface area contributed by atoms with Crippen LogP contribution in [0.2, 0.25) is 0 Å². The summed E-state index contributed by atoms with van der Waals surface area (Å²) in [7, 11) is 0. The molecule has 0 saturated carbocycles. The quantitative estimate of drug-likeness (QED) is 0.175. The van der Waals surface area contributed by atoms with Crippen LogP contribution >= 0.6 is 11.8 Å². The van der Waals surface area contributed by atoms with Crippen molar-refractivity contribution in [2.75, 3.05) is 0 Å². The Morgan fingerprint density at radius 2 is 1.07 bits per heavy atom. The molecule has 0 saturated heterocycles. The first kappa shape index (κ1) is 11.2. The first-order valence-corrected chi connectivity index (χ1v) is 14.7. The van der Waals surface area contributed by atoms with Crippen LogP contribution in [0.15, 0.2) is 167 Å².